The van der Waals surface area contributed by atoms with Crippen molar-refractivity contribution in [1.29, 1.82) is 0 Å². The number of aryl methyl sites for hydroxylation is 4. The summed E-state index contributed by atoms with van der Waals surface area (Å²) in [7, 11) is 1.84. The number of benzene rings is 4. The molecule has 3 aliphatic carbocycles. The summed E-state index contributed by atoms with van der Waals surface area (Å²) in [5, 5.41) is 30.8. The second kappa shape index (κ2) is 29.9. The van der Waals surface area contributed by atoms with Crippen molar-refractivity contribution < 1.29 is 14.4 Å². The lowest BCUT2D eigenvalue weighted by atomic mass is 10.0. The van der Waals surface area contributed by atoms with Gasteiger partial charge in [-0.05, 0) is 175 Å². The largest absolute Gasteiger partial charge is 0.344 e. The van der Waals surface area contributed by atoms with Gasteiger partial charge in [-0.15, -0.1) is 0 Å². The van der Waals surface area contributed by atoms with Crippen LogP contribution in [0.15, 0.2) is 210 Å². The second-order valence-corrected chi connectivity index (χ2v) is 28.1. The number of nitrogens with one attached hydrogen (secondary N) is 3. The first-order chi connectivity index (χ1) is 53.9. The van der Waals surface area contributed by atoms with E-state index < -0.39 is 12.1 Å². The molecule has 11 heterocycles. The van der Waals surface area contributed by atoms with Crippen LogP contribution in [0.3, 0.4) is 0 Å². The van der Waals surface area contributed by atoms with Crippen molar-refractivity contribution in [1.82, 2.24) is 88.2 Å². The topological polar surface area (TPSA) is 275 Å². The van der Waals surface area contributed by atoms with Crippen molar-refractivity contribution in [2.45, 2.75) is 110 Å². The third-order valence-electron chi connectivity index (χ3n) is 20.0. The van der Waals surface area contributed by atoms with E-state index in [1.807, 2.05) is 158 Å². The standard InChI is InChI=1S/C32H24N6O2.C28H25N7O2.C27H25N5O2/c1-21(35-31(39)28-22(2)36-37-19-7-16-34-30(28)37)27-20-25-9-6-8-24(13-12-23-14-17-33-18-15-23)29(25)32(40)38(27)26-10-4-3-5-11-26;1-17(31-27(36)24-18(2)32-34-13-5-12-29-26(24)34)23-14-21-7-4-6-20(9-8-19-15-30-33(3)16-19)25(21)28(37)35(23)22-10-11-22;1-16(29-26(33)23-17(2)30-31-14-4-13-28-25(23)31)22-15-20-6-3-5-19(10-9-18-7-8-18)24(20)27(34)32(22)21-11-12-21/h3-11,14-21H,1-2H3,(H,35,39);4-7,12-17,22H,10-11H2,1-3H3,(H,31,36);3-6,13-16,18,21H,7-8,11-12H2,1-2H3,(H,29,33)/t21-;17-;16-/m000/s1. The minimum absolute atomic E-state index is 0.0226. The number of para-hydroxylation sites is 1. The first-order valence-electron chi connectivity index (χ1n) is 36.8. The number of amides is 3. The smallest absolute Gasteiger partial charge is 0.264 e. The van der Waals surface area contributed by atoms with Crippen LogP contribution in [-0.2, 0) is 7.05 Å². The maximum atomic E-state index is 14.2. The summed E-state index contributed by atoms with van der Waals surface area (Å²) in [6.45, 7) is 11.0. The summed E-state index contributed by atoms with van der Waals surface area (Å²) in [6, 6.07) is 40.4. The molecule has 15 aromatic rings. The molecule has 548 valence electrons. The molecule has 0 saturated heterocycles. The monoisotopic (exact) mass is 1470 g/mol. The van der Waals surface area contributed by atoms with E-state index in [9.17, 15) is 28.8 Å². The van der Waals surface area contributed by atoms with Crippen molar-refractivity contribution >= 4 is 67.0 Å². The van der Waals surface area contributed by atoms with Crippen LogP contribution in [0.2, 0.25) is 0 Å². The predicted molar refractivity (Wildman–Crippen MR) is 422 cm³/mol. The predicted octanol–water partition coefficient (Wildman–Crippen LogP) is 11.9. The van der Waals surface area contributed by atoms with E-state index >= 15 is 0 Å². The highest BCUT2D eigenvalue weighted by Crippen LogP contribution is 2.39. The molecule has 4 aromatic carbocycles. The number of nitrogens with zero attached hydrogens (tertiary/aromatic N) is 15. The highest BCUT2D eigenvalue weighted by atomic mass is 16.2. The fourth-order valence-electron chi connectivity index (χ4n) is 14.2. The van der Waals surface area contributed by atoms with Gasteiger partial charge in [-0.3, -0.25) is 43.0 Å². The Morgan fingerprint density at radius 3 is 1.29 bits per heavy atom. The molecule has 0 aliphatic heterocycles. The van der Waals surface area contributed by atoms with Gasteiger partial charge in [0.2, 0.25) is 0 Å². The lowest BCUT2D eigenvalue weighted by Crippen LogP contribution is -2.32. The van der Waals surface area contributed by atoms with Crippen molar-refractivity contribution in [2.75, 3.05) is 0 Å². The van der Waals surface area contributed by atoms with Crippen LogP contribution in [0.1, 0.15) is 183 Å². The molecular weight excluding hydrogens is 1390 g/mol. The van der Waals surface area contributed by atoms with Crippen LogP contribution in [0.5, 0.6) is 0 Å². The second-order valence-electron chi connectivity index (χ2n) is 28.1. The molecule has 0 unspecified atom stereocenters. The molecule has 18 rings (SSSR count). The summed E-state index contributed by atoms with van der Waals surface area (Å²) in [5.41, 5.74) is 10.8. The lowest BCUT2D eigenvalue weighted by Gasteiger charge is -2.21. The summed E-state index contributed by atoms with van der Waals surface area (Å²) < 4.78 is 11.8. The fourth-order valence-corrected chi connectivity index (χ4v) is 14.2. The molecule has 3 amide bonds. The zero-order valence-electron chi connectivity index (χ0n) is 61.8. The SMILES string of the molecule is Cc1nn2cccnc2c1C(=O)N[C@@H](C)c1cc2cccc(C#CC3CC3)c2c(=O)n1C1CC1.Cc1nn2cccnc2c1C(=O)N[C@@H](C)c1cc2cccc(C#Cc3ccncc3)c2c(=O)n1-c1ccccc1.Cc1nn2cccnc2c1C(=O)N[C@@H](C)c1cc2cccc(C#Cc3cnn(C)c3)c2c(=O)n1C1CC1. The molecule has 3 saturated carbocycles. The Kier molecular flexibility index (Phi) is 19.1. The van der Waals surface area contributed by atoms with E-state index in [-0.39, 0.29) is 52.5 Å². The normalized spacial score (nSPS) is 13.8. The van der Waals surface area contributed by atoms with E-state index in [1.165, 1.54) is 0 Å². The first kappa shape index (κ1) is 71.1. The lowest BCUT2D eigenvalue weighted by molar-refractivity contribution is 0.0930. The van der Waals surface area contributed by atoms with Gasteiger partial charge < -0.3 is 25.1 Å². The Hall–Kier alpha value is -14.2. The van der Waals surface area contributed by atoms with Crippen LogP contribution in [0.25, 0.3) is 54.9 Å². The third-order valence-corrected chi connectivity index (χ3v) is 20.0. The molecule has 3 fully saturated rings. The highest BCUT2D eigenvalue weighted by Gasteiger charge is 2.34. The van der Waals surface area contributed by atoms with Gasteiger partial charge in [0, 0.05) is 126 Å². The van der Waals surface area contributed by atoms with Gasteiger partial charge in [0.15, 0.2) is 16.9 Å². The number of carbonyl (C=O) groups is 3. The zero-order valence-corrected chi connectivity index (χ0v) is 61.8. The zero-order chi connectivity index (χ0) is 76.7. The molecule has 24 heteroatoms. The molecule has 3 N–H and O–H groups in total. The van der Waals surface area contributed by atoms with Crippen LogP contribution in [-0.4, -0.2) is 90.0 Å². The number of rotatable bonds is 12. The maximum Gasteiger partial charge on any atom is 0.264 e. The van der Waals surface area contributed by atoms with Gasteiger partial charge in [0.1, 0.15) is 16.7 Å². The fraction of sp³-hybridized carbons (Fsp3) is 0.218. The summed E-state index contributed by atoms with van der Waals surface area (Å²) >= 11 is 0. The average molecular weight is 1470 g/mol. The molecule has 24 nitrogen and oxygen atoms in total. The van der Waals surface area contributed by atoms with Crippen LogP contribution >= 0.6 is 0 Å². The summed E-state index contributed by atoms with van der Waals surface area (Å²) in [5.74, 6) is 18.7. The van der Waals surface area contributed by atoms with E-state index in [0.717, 1.165) is 82.8 Å². The van der Waals surface area contributed by atoms with Crippen LogP contribution in [0, 0.1) is 62.2 Å². The number of pyridine rings is 4. The molecular formula is C87H74N18O6. The minimum Gasteiger partial charge on any atom is -0.344 e. The molecule has 0 radical (unpaired) electrons. The third kappa shape index (κ3) is 14.4. The number of carbonyl (C=O) groups excluding carboxylic acids is 3. The van der Waals surface area contributed by atoms with Crippen molar-refractivity contribution in [3.05, 3.63) is 305 Å². The van der Waals surface area contributed by atoms with Crippen molar-refractivity contribution in [2.24, 2.45) is 13.0 Å². The van der Waals surface area contributed by atoms with Crippen molar-refractivity contribution in [3.8, 4) is 41.2 Å². The number of hydrogen-bond donors (Lipinski definition) is 3. The molecule has 111 heavy (non-hydrogen) atoms. The number of aromatic nitrogens is 15. The summed E-state index contributed by atoms with van der Waals surface area (Å²) in [6.07, 6.45) is 23.2. The maximum absolute atomic E-state index is 14.2. The molecule has 3 atom stereocenters. The minimum atomic E-state index is -0.519. The summed E-state index contributed by atoms with van der Waals surface area (Å²) in [4.78, 5) is 98.9. The Morgan fingerprint density at radius 2 is 0.865 bits per heavy atom. The Labute approximate surface area is 635 Å². The Bertz CT molecular complexity index is 6660. The van der Waals surface area contributed by atoms with Gasteiger partial charge in [0.25, 0.3) is 34.4 Å². The van der Waals surface area contributed by atoms with Gasteiger partial charge >= 0.3 is 0 Å². The molecule has 0 bridgehead atoms. The van der Waals surface area contributed by atoms with Crippen LogP contribution < -0.4 is 32.6 Å². The quantitative estimate of drug-likeness (QED) is 0.0960. The highest BCUT2D eigenvalue weighted by molar-refractivity contribution is 6.03. The molecule has 3 aliphatic rings. The molecule has 11 aromatic heterocycles. The van der Waals surface area contributed by atoms with E-state index in [2.05, 4.69) is 91.8 Å². The van der Waals surface area contributed by atoms with Gasteiger partial charge in [-0.25, -0.2) is 28.5 Å². The van der Waals surface area contributed by atoms with Gasteiger partial charge in [-0.1, -0.05) is 90.1 Å². The number of fused-ring (bicyclic) bond motifs is 6. The molecule has 0 spiro atoms. The van der Waals surface area contributed by atoms with E-state index in [1.54, 1.807) is 118 Å². The van der Waals surface area contributed by atoms with E-state index in [0.29, 0.717) is 95.3 Å². The van der Waals surface area contributed by atoms with Gasteiger partial charge in [-0.2, -0.15) is 20.4 Å². The van der Waals surface area contributed by atoms with Gasteiger partial charge in [0.05, 0.1) is 63.1 Å². The van der Waals surface area contributed by atoms with E-state index in [4.69, 9.17) is 0 Å². The van der Waals surface area contributed by atoms with Crippen molar-refractivity contribution in [3.63, 3.8) is 0 Å². The Balaban J connectivity index is 0.000000127. The number of hydrogen-bond acceptors (Lipinski definition) is 14. The van der Waals surface area contributed by atoms with Crippen LogP contribution in [0.4, 0.5) is 0 Å². The first-order valence-corrected chi connectivity index (χ1v) is 36.8. The Morgan fingerprint density at radius 1 is 0.450 bits per heavy atom. The average Bonchev–Trinajstić information content (AvgIpc) is 1.73.